The highest BCUT2D eigenvalue weighted by Gasteiger charge is 2.08. The molecule has 19 heavy (non-hydrogen) atoms. The molecule has 0 amide bonds. The molecule has 0 aliphatic rings. The second-order valence-electron chi connectivity index (χ2n) is 3.86. The molecule has 3 aromatic rings. The summed E-state index contributed by atoms with van der Waals surface area (Å²) in [6.07, 6.45) is 1.60. The Hall–Kier alpha value is -2.15. The molecule has 0 atom stereocenters. The molecule has 0 spiro atoms. The fraction of sp³-hybridized carbons (Fsp3) is 0.0833. The van der Waals surface area contributed by atoms with E-state index in [0.29, 0.717) is 22.3 Å². The van der Waals surface area contributed by atoms with Crippen LogP contribution in [0.15, 0.2) is 46.5 Å². The van der Waals surface area contributed by atoms with Crippen LogP contribution in [0.25, 0.3) is 5.78 Å². The Bertz CT molecular complexity index is 782. The molecule has 0 fully saturated rings. The summed E-state index contributed by atoms with van der Waals surface area (Å²) in [4.78, 5) is 13.7. The van der Waals surface area contributed by atoms with Crippen LogP contribution in [0.4, 0.5) is 4.39 Å². The smallest absolute Gasteiger partial charge is 0.252 e. The number of aromatic amines is 1. The van der Waals surface area contributed by atoms with Crippen LogP contribution >= 0.6 is 11.8 Å². The van der Waals surface area contributed by atoms with E-state index in [4.69, 9.17) is 0 Å². The largest absolute Gasteiger partial charge is 0.291 e. The Kier molecular flexibility index (Phi) is 3.04. The van der Waals surface area contributed by atoms with E-state index in [-0.39, 0.29) is 11.4 Å². The maximum absolute atomic E-state index is 13.5. The van der Waals surface area contributed by atoms with Gasteiger partial charge in [-0.25, -0.2) is 4.39 Å². The molecule has 2 aromatic heterocycles. The van der Waals surface area contributed by atoms with Gasteiger partial charge in [0.2, 0.25) is 5.78 Å². The fourth-order valence-corrected chi connectivity index (χ4v) is 2.55. The van der Waals surface area contributed by atoms with Gasteiger partial charge in [-0.15, -0.1) is 10.2 Å². The third-order valence-corrected chi connectivity index (χ3v) is 3.58. The van der Waals surface area contributed by atoms with Crippen LogP contribution in [0, 0.1) is 5.82 Å². The molecule has 7 heteroatoms. The van der Waals surface area contributed by atoms with Gasteiger partial charge in [0.15, 0.2) is 5.16 Å². The first-order valence-electron chi connectivity index (χ1n) is 5.54. The average molecular weight is 276 g/mol. The molecule has 96 valence electrons. The topological polar surface area (TPSA) is 63.1 Å². The van der Waals surface area contributed by atoms with Gasteiger partial charge < -0.3 is 0 Å². The molecule has 0 aliphatic heterocycles. The van der Waals surface area contributed by atoms with Crippen molar-refractivity contribution >= 4 is 17.5 Å². The van der Waals surface area contributed by atoms with Crippen molar-refractivity contribution in [3.63, 3.8) is 0 Å². The van der Waals surface area contributed by atoms with Crippen LogP contribution in [-0.4, -0.2) is 19.6 Å². The van der Waals surface area contributed by atoms with Crippen LogP contribution in [0.1, 0.15) is 5.56 Å². The minimum atomic E-state index is -0.239. The zero-order valence-electron chi connectivity index (χ0n) is 9.71. The van der Waals surface area contributed by atoms with Gasteiger partial charge in [-0.2, -0.15) is 0 Å². The number of fused-ring (bicyclic) bond motifs is 1. The van der Waals surface area contributed by atoms with Crippen LogP contribution in [0.2, 0.25) is 0 Å². The second-order valence-corrected chi connectivity index (χ2v) is 4.80. The van der Waals surface area contributed by atoms with Crippen LogP contribution in [0.3, 0.4) is 0 Å². The van der Waals surface area contributed by atoms with E-state index in [1.807, 2.05) is 0 Å². The number of hydrogen-bond acceptors (Lipinski definition) is 4. The van der Waals surface area contributed by atoms with E-state index < -0.39 is 0 Å². The predicted octanol–water partition coefficient (Wildman–Crippen LogP) is 1.85. The molecule has 1 N–H and O–H groups in total. The van der Waals surface area contributed by atoms with Crippen molar-refractivity contribution in [2.75, 3.05) is 0 Å². The van der Waals surface area contributed by atoms with Gasteiger partial charge in [0, 0.05) is 18.0 Å². The number of nitrogens with zero attached hydrogens (tertiary/aromatic N) is 3. The molecule has 0 aliphatic carbocycles. The first-order valence-corrected chi connectivity index (χ1v) is 6.53. The van der Waals surface area contributed by atoms with Crippen molar-refractivity contribution in [3.05, 3.63) is 58.3 Å². The summed E-state index contributed by atoms with van der Waals surface area (Å²) in [6, 6.07) is 7.99. The lowest BCUT2D eigenvalue weighted by molar-refractivity contribution is 0.617. The molecule has 1 aromatic carbocycles. The van der Waals surface area contributed by atoms with Gasteiger partial charge in [0.25, 0.3) is 5.56 Å². The van der Waals surface area contributed by atoms with Gasteiger partial charge in [0.05, 0.1) is 0 Å². The molecule has 3 rings (SSSR count). The van der Waals surface area contributed by atoms with Gasteiger partial charge in [0.1, 0.15) is 5.82 Å². The summed E-state index contributed by atoms with van der Waals surface area (Å²) in [5, 5.41) is 8.43. The molecular formula is C12H9FN4OS. The molecular weight excluding hydrogens is 267 g/mol. The van der Waals surface area contributed by atoms with Crippen LogP contribution in [-0.2, 0) is 5.75 Å². The van der Waals surface area contributed by atoms with Crippen molar-refractivity contribution < 1.29 is 4.39 Å². The van der Waals surface area contributed by atoms with Gasteiger partial charge in [-0.1, -0.05) is 30.0 Å². The molecule has 0 radical (unpaired) electrons. The number of halogens is 1. The van der Waals surface area contributed by atoms with Crippen molar-refractivity contribution in [2.24, 2.45) is 0 Å². The standard InChI is InChI=1S/C12H9FN4OS/c13-9-4-2-1-3-8(9)7-19-12-16-15-11-14-10(18)5-6-17(11)12/h1-6H,7H2,(H,14,15,18). The Morgan fingerprint density at radius 3 is 2.95 bits per heavy atom. The van der Waals surface area contributed by atoms with Crippen molar-refractivity contribution in [2.45, 2.75) is 10.9 Å². The SMILES string of the molecule is O=c1ccn2c(SCc3ccccc3F)nnc2[nH]1. The lowest BCUT2D eigenvalue weighted by Gasteiger charge is -2.01. The summed E-state index contributed by atoms with van der Waals surface area (Å²) in [5.74, 6) is 0.591. The maximum Gasteiger partial charge on any atom is 0.252 e. The average Bonchev–Trinajstić information content (AvgIpc) is 2.80. The Morgan fingerprint density at radius 1 is 1.26 bits per heavy atom. The van der Waals surface area contributed by atoms with Crippen LogP contribution in [0.5, 0.6) is 0 Å². The van der Waals surface area contributed by atoms with E-state index in [1.165, 1.54) is 23.9 Å². The van der Waals surface area contributed by atoms with Crippen molar-refractivity contribution in [1.29, 1.82) is 0 Å². The van der Waals surface area contributed by atoms with E-state index >= 15 is 0 Å². The zero-order valence-corrected chi connectivity index (χ0v) is 10.5. The lowest BCUT2D eigenvalue weighted by atomic mass is 10.2. The number of aromatic nitrogens is 4. The highest BCUT2D eigenvalue weighted by molar-refractivity contribution is 7.98. The Balaban J connectivity index is 1.86. The highest BCUT2D eigenvalue weighted by atomic mass is 32.2. The Labute approximate surface area is 111 Å². The molecule has 2 heterocycles. The summed E-state index contributed by atoms with van der Waals surface area (Å²) in [6.45, 7) is 0. The predicted molar refractivity (Wildman–Crippen MR) is 69.6 cm³/mol. The summed E-state index contributed by atoms with van der Waals surface area (Å²) in [7, 11) is 0. The highest BCUT2D eigenvalue weighted by Crippen LogP contribution is 2.22. The van der Waals surface area contributed by atoms with Crippen molar-refractivity contribution in [1.82, 2.24) is 19.6 Å². The minimum Gasteiger partial charge on any atom is -0.291 e. The van der Waals surface area contributed by atoms with Gasteiger partial charge in [-0.05, 0) is 11.6 Å². The van der Waals surface area contributed by atoms with Crippen molar-refractivity contribution in [3.8, 4) is 0 Å². The lowest BCUT2D eigenvalue weighted by Crippen LogP contribution is -2.05. The number of H-pyrrole nitrogens is 1. The number of hydrogen-bond donors (Lipinski definition) is 1. The summed E-state index contributed by atoms with van der Waals surface area (Å²) in [5.41, 5.74) is 0.374. The molecule has 0 saturated heterocycles. The number of thioether (sulfide) groups is 1. The van der Waals surface area contributed by atoms with E-state index in [1.54, 1.807) is 28.8 Å². The molecule has 5 nitrogen and oxygen atoms in total. The Morgan fingerprint density at radius 2 is 2.11 bits per heavy atom. The first-order chi connectivity index (χ1) is 9.24. The number of rotatable bonds is 3. The third-order valence-electron chi connectivity index (χ3n) is 2.59. The monoisotopic (exact) mass is 276 g/mol. The van der Waals surface area contributed by atoms with E-state index in [9.17, 15) is 9.18 Å². The van der Waals surface area contributed by atoms with Gasteiger partial charge >= 0.3 is 0 Å². The van der Waals surface area contributed by atoms with Gasteiger partial charge in [-0.3, -0.25) is 14.2 Å². The van der Waals surface area contributed by atoms with Crippen LogP contribution < -0.4 is 5.56 Å². The zero-order chi connectivity index (χ0) is 13.2. The molecule has 0 saturated carbocycles. The normalized spacial score (nSPS) is 11.0. The first kappa shape index (κ1) is 11.9. The van der Waals surface area contributed by atoms with E-state index in [2.05, 4.69) is 15.2 Å². The maximum atomic E-state index is 13.5. The molecule has 0 unspecified atom stereocenters. The quantitative estimate of drug-likeness (QED) is 0.742. The van der Waals surface area contributed by atoms with E-state index in [0.717, 1.165) is 0 Å². The fourth-order valence-electron chi connectivity index (χ4n) is 1.65. The summed E-state index contributed by atoms with van der Waals surface area (Å²) >= 11 is 1.36. The number of benzene rings is 1. The number of nitrogens with one attached hydrogen (secondary N) is 1. The molecule has 0 bridgehead atoms. The third kappa shape index (κ3) is 2.37. The second kappa shape index (κ2) is 4.85. The minimum absolute atomic E-state index is 0.231. The summed E-state index contributed by atoms with van der Waals surface area (Å²) < 4.78 is 15.1.